The maximum atomic E-state index is 12.0. The summed E-state index contributed by atoms with van der Waals surface area (Å²) < 4.78 is 26.1. The number of sulfonamides is 1. The number of pyridine rings is 1. The molecule has 0 amide bonds. The molecule has 1 heterocycles. The van der Waals surface area contributed by atoms with Crippen LogP contribution in [0.1, 0.15) is 10.4 Å². The van der Waals surface area contributed by atoms with Crippen molar-refractivity contribution >= 4 is 21.7 Å². The third-order valence-electron chi connectivity index (χ3n) is 2.43. The fourth-order valence-corrected chi connectivity index (χ4v) is 2.50. The summed E-state index contributed by atoms with van der Waals surface area (Å²) in [7, 11) is -3.89. The predicted molar refractivity (Wildman–Crippen MR) is 70.1 cm³/mol. The van der Waals surface area contributed by atoms with Crippen LogP contribution in [0.4, 0.5) is 5.69 Å². The number of aromatic carboxylic acids is 1. The number of nitrogens with one attached hydrogen (secondary N) is 1. The summed E-state index contributed by atoms with van der Waals surface area (Å²) in [5.74, 6) is -1.70. The fourth-order valence-electron chi connectivity index (χ4n) is 1.46. The number of carboxylic acid groups (broad SMARTS) is 1. The van der Waals surface area contributed by atoms with Crippen molar-refractivity contribution < 1.29 is 23.4 Å². The number of phenolic OH excluding ortho intramolecular Hbond substituents is 1. The number of carbonyl (C=O) groups is 1. The molecule has 0 saturated heterocycles. The van der Waals surface area contributed by atoms with E-state index in [0.717, 1.165) is 12.3 Å². The first-order valence-electron chi connectivity index (χ1n) is 5.39. The van der Waals surface area contributed by atoms with E-state index in [9.17, 15) is 18.3 Å². The molecule has 0 bridgehead atoms. The summed E-state index contributed by atoms with van der Waals surface area (Å²) in [4.78, 5) is 14.3. The first-order valence-corrected chi connectivity index (χ1v) is 6.87. The van der Waals surface area contributed by atoms with Gasteiger partial charge in [-0.1, -0.05) is 0 Å². The molecule has 104 valence electrons. The largest absolute Gasteiger partial charge is 0.506 e. The number of anilines is 1. The Labute approximate surface area is 114 Å². The lowest BCUT2D eigenvalue weighted by molar-refractivity contribution is 0.0696. The molecule has 0 fully saturated rings. The Bertz CT molecular complexity index is 744. The van der Waals surface area contributed by atoms with Crippen LogP contribution in [0.5, 0.6) is 5.75 Å². The Morgan fingerprint density at radius 2 is 2.00 bits per heavy atom. The van der Waals surface area contributed by atoms with Gasteiger partial charge >= 0.3 is 5.97 Å². The van der Waals surface area contributed by atoms with Crippen LogP contribution in [-0.2, 0) is 10.0 Å². The van der Waals surface area contributed by atoms with E-state index < -0.39 is 21.7 Å². The third-order valence-corrected chi connectivity index (χ3v) is 3.78. The monoisotopic (exact) mass is 294 g/mol. The normalized spacial score (nSPS) is 11.0. The van der Waals surface area contributed by atoms with E-state index in [1.54, 1.807) is 0 Å². The summed E-state index contributed by atoms with van der Waals surface area (Å²) in [6, 6.07) is 6.12. The Kier molecular flexibility index (Phi) is 3.57. The van der Waals surface area contributed by atoms with Crippen LogP contribution in [0, 0.1) is 0 Å². The van der Waals surface area contributed by atoms with Gasteiger partial charge in [0, 0.05) is 12.4 Å². The first-order chi connectivity index (χ1) is 9.40. The predicted octanol–water partition coefficient (Wildman–Crippen LogP) is 1.29. The molecule has 7 nitrogen and oxygen atoms in total. The first kappa shape index (κ1) is 13.8. The van der Waals surface area contributed by atoms with Crippen molar-refractivity contribution in [1.82, 2.24) is 4.98 Å². The van der Waals surface area contributed by atoms with Gasteiger partial charge in [-0.05, 0) is 30.3 Å². The standard InChI is InChI=1S/C12H10N2O5S/c15-11-6-8(12(16)17)3-4-10(11)14-20(18,19)9-2-1-5-13-7-9/h1-7,14-15H,(H,16,17). The molecular formula is C12H10N2O5S. The van der Waals surface area contributed by atoms with Crippen LogP contribution in [0.25, 0.3) is 0 Å². The molecule has 2 aromatic rings. The van der Waals surface area contributed by atoms with Crippen LogP contribution in [0.2, 0.25) is 0 Å². The van der Waals surface area contributed by atoms with Gasteiger partial charge in [-0.15, -0.1) is 0 Å². The van der Waals surface area contributed by atoms with Gasteiger partial charge in [0.25, 0.3) is 10.0 Å². The smallest absolute Gasteiger partial charge is 0.335 e. The van der Waals surface area contributed by atoms with Crippen molar-refractivity contribution in [2.75, 3.05) is 4.72 Å². The molecule has 0 radical (unpaired) electrons. The highest BCUT2D eigenvalue weighted by atomic mass is 32.2. The van der Waals surface area contributed by atoms with Crippen molar-refractivity contribution in [1.29, 1.82) is 0 Å². The molecule has 0 spiro atoms. The van der Waals surface area contributed by atoms with E-state index in [0.29, 0.717) is 0 Å². The zero-order valence-electron chi connectivity index (χ0n) is 10.0. The van der Waals surface area contributed by atoms with E-state index in [-0.39, 0.29) is 16.1 Å². The lowest BCUT2D eigenvalue weighted by Crippen LogP contribution is -2.13. The summed E-state index contributed by atoms with van der Waals surface area (Å²) >= 11 is 0. The van der Waals surface area contributed by atoms with Crippen molar-refractivity contribution in [2.45, 2.75) is 4.90 Å². The molecule has 0 aliphatic rings. The SMILES string of the molecule is O=C(O)c1ccc(NS(=O)(=O)c2cccnc2)c(O)c1. The Hall–Kier alpha value is -2.61. The van der Waals surface area contributed by atoms with Crippen LogP contribution in [0.15, 0.2) is 47.6 Å². The lowest BCUT2D eigenvalue weighted by Gasteiger charge is -2.09. The fraction of sp³-hybridized carbons (Fsp3) is 0. The van der Waals surface area contributed by atoms with Crippen molar-refractivity contribution in [2.24, 2.45) is 0 Å². The minimum atomic E-state index is -3.89. The van der Waals surface area contributed by atoms with E-state index >= 15 is 0 Å². The second kappa shape index (κ2) is 5.17. The number of hydrogen-bond donors (Lipinski definition) is 3. The summed E-state index contributed by atoms with van der Waals surface area (Å²) in [6.45, 7) is 0. The van der Waals surface area contributed by atoms with Crippen molar-refractivity contribution in [3.05, 3.63) is 48.3 Å². The molecule has 0 aliphatic carbocycles. The van der Waals surface area contributed by atoms with Crippen LogP contribution in [-0.4, -0.2) is 29.6 Å². The third kappa shape index (κ3) is 2.86. The van der Waals surface area contributed by atoms with Gasteiger partial charge in [-0.2, -0.15) is 0 Å². The molecule has 3 N–H and O–H groups in total. The number of benzene rings is 1. The average Bonchev–Trinajstić information content (AvgIpc) is 2.41. The topological polar surface area (TPSA) is 117 Å². The summed E-state index contributed by atoms with van der Waals surface area (Å²) in [5, 5.41) is 18.4. The van der Waals surface area contributed by atoms with Crippen LogP contribution in [0.3, 0.4) is 0 Å². The minimum absolute atomic E-state index is 0.0679. The molecule has 0 saturated carbocycles. The lowest BCUT2D eigenvalue weighted by atomic mass is 10.2. The van der Waals surface area contributed by atoms with Gasteiger partial charge in [0.1, 0.15) is 10.6 Å². The van der Waals surface area contributed by atoms with E-state index in [1.165, 1.54) is 30.5 Å². The molecule has 0 aliphatic heterocycles. The quantitative estimate of drug-likeness (QED) is 0.731. The zero-order valence-corrected chi connectivity index (χ0v) is 10.8. The number of aromatic hydroxyl groups is 1. The second-order valence-electron chi connectivity index (χ2n) is 3.83. The Morgan fingerprint density at radius 1 is 1.25 bits per heavy atom. The van der Waals surface area contributed by atoms with Crippen molar-refractivity contribution in [3.8, 4) is 5.75 Å². The minimum Gasteiger partial charge on any atom is -0.506 e. The maximum Gasteiger partial charge on any atom is 0.335 e. The van der Waals surface area contributed by atoms with Gasteiger partial charge in [0.2, 0.25) is 0 Å². The average molecular weight is 294 g/mol. The highest BCUT2D eigenvalue weighted by molar-refractivity contribution is 7.92. The molecular weight excluding hydrogens is 284 g/mol. The molecule has 0 unspecified atom stereocenters. The van der Waals surface area contributed by atoms with E-state index in [1.807, 2.05) is 0 Å². The number of carboxylic acids is 1. The van der Waals surface area contributed by atoms with Gasteiger partial charge in [-0.3, -0.25) is 9.71 Å². The molecule has 1 aromatic heterocycles. The number of rotatable bonds is 4. The Morgan fingerprint density at radius 3 is 2.55 bits per heavy atom. The molecule has 20 heavy (non-hydrogen) atoms. The summed E-state index contributed by atoms with van der Waals surface area (Å²) in [5.41, 5.74) is -0.259. The molecule has 2 rings (SSSR count). The van der Waals surface area contributed by atoms with Gasteiger partial charge < -0.3 is 10.2 Å². The van der Waals surface area contributed by atoms with Crippen LogP contribution >= 0.6 is 0 Å². The van der Waals surface area contributed by atoms with Crippen molar-refractivity contribution in [3.63, 3.8) is 0 Å². The molecule has 8 heteroatoms. The Balaban J connectivity index is 2.33. The molecule has 0 atom stereocenters. The molecule has 1 aromatic carbocycles. The number of aromatic nitrogens is 1. The highest BCUT2D eigenvalue weighted by Crippen LogP contribution is 2.26. The van der Waals surface area contributed by atoms with Crippen LogP contribution < -0.4 is 4.72 Å². The summed E-state index contributed by atoms with van der Waals surface area (Å²) in [6.07, 6.45) is 2.59. The van der Waals surface area contributed by atoms with E-state index in [4.69, 9.17) is 5.11 Å². The second-order valence-corrected chi connectivity index (χ2v) is 5.51. The van der Waals surface area contributed by atoms with Gasteiger partial charge in [0.05, 0.1) is 11.3 Å². The van der Waals surface area contributed by atoms with Gasteiger partial charge in [0.15, 0.2) is 0 Å². The zero-order chi connectivity index (χ0) is 14.8. The van der Waals surface area contributed by atoms with E-state index in [2.05, 4.69) is 9.71 Å². The maximum absolute atomic E-state index is 12.0. The highest BCUT2D eigenvalue weighted by Gasteiger charge is 2.17. The van der Waals surface area contributed by atoms with Gasteiger partial charge in [-0.25, -0.2) is 13.2 Å². The number of hydrogen-bond acceptors (Lipinski definition) is 5. The number of phenols is 1. The number of nitrogens with zero attached hydrogens (tertiary/aromatic N) is 1.